The molecule has 0 saturated heterocycles. The molecule has 3 amide bonds. The Kier molecular flexibility index (Phi) is 7.08. The number of amides is 3. The van der Waals surface area contributed by atoms with E-state index in [-0.39, 0.29) is 16.6 Å². The number of halogens is 2. The van der Waals surface area contributed by atoms with Crippen molar-refractivity contribution in [1.29, 1.82) is 0 Å². The molecule has 1 atom stereocenters. The molecule has 1 aliphatic rings. The number of esters is 1. The molecule has 0 aliphatic heterocycles. The molecule has 6 nitrogen and oxygen atoms in total. The standard InChI is InChI=1S/C17H20Cl2N2O4/c1-10(25-16(23)13-9-11(18)7-8-14(13)19)15(22)21-17(24)20-12-5-3-2-4-6-12/h7-10,12H,2-6H2,1H3,(H2,20,21,22,24)/t10-/m0/s1. The van der Waals surface area contributed by atoms with Gasteiger partial charge >= 0.3 is 12.0 Å². The Labute approximate surface area is 156 Å². The average molecular weight is 387 g/mol. The summed E-state index contributed by atoms with van der Waals surface area (Å²) in [6, 6.07) is 3.84. The van der Waals surface area contributed by atoms with Crippen LogP contribution in [0.15, 0.2) is 18.2 Å². The summed E-state index contributed by atoms with van der Waals surface area (Å²) in [6.07, 6.45) is 3.94. The first kappa shape index (κ1) is 19.5. The zero-order valence-corrected chi connectivity index (χ0v) is 15.3. The second-order valence-corrected chi connectivity index (χ2v) is 6.81. The van der Waals surface area contributed by atoms with Crippen LogP contribution < -0.4 is 10.6 Å². The summed E-state index contributed by atoms with van der Waals surface area (Å²) >= 11 is 11.7. The predicted molar refractivity (Wildman–Crippen MR) is 94.9 cm³/mol. The van der Waals surface area contributed by atoms with E-state index in [2.05, 4.69) is 10.6 Å². The highest BCUT2D eigenvalue weighted by Crippen LogP contribution is 2.22. The molecule has 0 radical (unpaired) electrons. The Balaban J connectivity index is 1.85. The zero-order valence-electron chi connectivity index (χ0n) is 13.8. The van der Waals surface area contributed by atoms with E-state index in [0.717, 1.165) is 32.1 Å². The maximum absolute atomic E-state index is 12.1. The largest absolute Gasteiger partial charge is 0.449 e. The van der Waals surface area contributed by atoms with Gasteiger partial charge in [0, 0.05) is 11.1 Å². The summed E-state index contributed by atoms with van der Waals surface area (Å²) in [7, 11) is 0. The van der Waals surface area contributed by atoms with Crippen LogP contribution >= 0.6 is 23.2 Å². The van der Waals surface area contributed by atoms with Crippen LogP contribution in [0.3, 0.4) is 0 Å². The third kappa shape index (κ3) is 5.90. The van der Waals surface area contributed by atoms with Crippen LogP contribution in [0.25, 0.3) is 0 Å². The molecule has 0 heterocycles. The molecule has 2 rings (SSSR count). The number of nitrogens with one attached hydrogen (secondary N) is 2. The minimum absolute atomic E-state index is 0.0560. The molecule has 2 N–H and O–H groups in total. The Hall–Kier alpha value is -1.79. The lowest BCUT2D eigenvalue weighted by Crippen LogP contribution is -2.48. The first-order valence-corrected chi connectivity index (χ1v) is 8.90. The molecule has 1 aromatic rings. The van der Waals surface area contributed by atoms with Gasteiger partial charge in [-0.2, -0.15) is 0 Å². The fourth-order valence-electron chi connectivity index (χ4n) is 2.61. The fourth-order valence-corrected chi connectivity index (χ4v) is 2.98. The zero-order chi connectivity index (χ0) is 18.4. The van der Waals surface area contributed by atoms with Gasteiger partial charge in [-0.15, -0.1) is 0 Å². The number of hydrogen-bond donors (Lipinski definition) is 2. The van der Waals surface area contributed by atoms with Crippen LogP contribution in [-0.4, -0.2) is 30.1 Å². The van der Waals surface area contributed by atoms with Crippen molar-refractivity contribution in [2.24, 2.45) is 0 Å². The lowest BCUT2D eigenvalue weighted by atomic mass is 9.96. The van der Waals surface area contributed by atoms with E-state index in [1.807, 2.05) is 0 Å². The van der Waals surface area contributed by atoms with Crippen LogP contribution in [0, 0.1) is 0 Å². The highest BCUT2D eigenvalue weighted by molar-refractivity contribution is 6.35. The number of hydrogen-bond acceptors (Lipinski definition) is 4. The quantitative estimate of drug-likeness (QED) is 0.772. The van der Waals surface area contributed by atoms with Crippen molar-refractivity contribution >= 4 is 41.1 Å². The normalized spacial score (nSPS) is 16.0. The van der Waals surface area contributed by atoms with Crippen molar-refractivity contribution in [2.45, 2.75) is 51.2 Å². The molecule has 1 fully saturated rings. The van der Waals surface area contributed by atoms with Gasteiger partial charge in [-0.25, -0.2) is 9.59 Å². The highest BCUT2D eigenvalue weighted by atomic mass is 35.5. The third-order valence-corrected chi connectivity index (χ3v) is 4.54. The molecule has 25 heavy (non-hydrogen) atoms. The number of carbonyl (C=O) groups is 3. The number of urea groups is 1. The van der Waals surface area contributed by atoms with Gasteiger partial charge in [-0.05, 0) is 38.0 Å². The van der Waals surface area contributed by atoms with E-state index >= 15 is 0 Å². The monoisotopic (exact) mass is 386 g/mol. The van der Waals surface area contributed by atoms with Crippen molar-refractivity contribution in [3.63, 3.8) is 0 Å². The molecule has 0 bridgehead atoms. The van der Waals surface area contributed by atoms with E-state index in [0.29, 0.717) is 5.02 Å². The van der Waals surface area contributed by atoms with Crippen LogP contribution in [0.2, 0.25) is 10.0 Å². The van der Waals surface area contributed by atoms with Crippen molar-refractivity contribution in [3.8, 4) is 0 Å². The Morgan fingerprint density at radius 1 is 1.16 bits per heavy atom. The summed E-state index contributed by atoms with van der Waals surface area (Å²) < 4.78 is 5.05. The summed E-state index contributed by atoms with van der Waals surface area (Å²) in [5.74, 6) is -1.50. The lowest BCUT2D eigenvalue weighted by Gasteiger charge is -2.23. The molecule has 1 aliphatic carbocycles. The minimum Gasteiger partial charge on any atom is -0.449 e. The first-order valence-electron chi connectivity index (χ1n) is 8.14. The van der Waals surface area contributed by atoms with Gasteiger partial charge in [0.2, 0.25) is 0 Å². The van der Waals surface area contributed by atoms with Crippen molar-refractivity contribution in [3.05, 3.63) is 33.8 Å². The molecular formula is C17H20Cl2N2O4. The van der Waals surface area contributed by atoms with E-state index in [1.165, 1.54) is 25.1 Å². The van der Waals surface area contributed by atoms with E-state index < -0.39 is 24.0 Å². The Morgan fingerprint density at radius 3 is 2.52 bits per heavy atom. The van der Waals surface area contributed by atoms with Gasteiger partial charge in [0.15, 0.2) is 6.10 Å². The first-order chi connectivity index (χ1) is 11.9. The van der Waals surface area contributed by atoms with Crippen LogP contribution in [0.1, 0.15) is 49.4 Å². The van der Waals surface area contributed by atoms with Gasteiger partial charge in [0.05, 0.1) is 10.6 Å². The van der Waals surface area contributed by atoms with Crippen LogP contribution in [0.4, 0.5) is 4.79 Å². The number of imide groups is 1. The topological polar surface area (TPSA) is 84.5 Å². The maximum Gasteiger partial charge on any atom is 0.340 e. The molecular weight excluding hydrogens is 367 g/mol. The minimum atomic E-state index is -1.15. The number of carbonyl (C=O) groups excluding carboxylic acids is 3. The second-order valence-electron chi connectivity index (χ2n) is 5.97. The number of benzene rings is 1. The smallest absolute Gasteiger partial charge is 0.340 e. The van der Waals surface area contributed by atoms with Gasteiger partial charge in [0.25, 0.3) is 5.91 Å². The van der Waals surface area contributed by atoms with Crippen molar-refractivity contribution < 1.29 is 19.1 Å². The van der Waals surface area contributed by atoms with Crippen molar-refractivity contribution in [1.82, 2.24) is 10.6 Å². The van der Waals surface area contributed by atoms with Gasteiger partial charge < -0.3 is 10.1 Å². The summed E-state index contributed by atoms with van der Waals surface area (Å²) in [4.78, 5) is 36.0. The highest BCUT2D eigenvalue weighted by Gasteiger charge is 2.23. The SMILES string of the molecule is C[C@H](OC(=O)c1cc(Cl)ccc1Cl)C(=O)NC(=O)NC1CCCCC1. The van der Waals surface area contributed by atoms with Crippen LogP contribution in [-0.2, 0) is 9.53 Å². The number of ether oxygens (including phenoxy) is 1. The lowest BCUT2D eigenvalue weighted by molar-refractivity contribution is -0.127. The van der Waals surface area contributed by atoms with E-state index in [1.54, 1.807) is 0 Å². The summed E-state index contributed by atoms with van der Waals surface area (Å²) in [5.41, 5.74) is 0.0560. The molecule has 8 heteroatoms. The summed E-state index contributed by atoms with van der Waals surface area (Å²) in [5, 5.41) is 5.42. The van der Waals surface area contributed by atoms with Crippen molar-refractivity contribution in [2.75, 3.05) is 0 Å². The Bertz CT molecular complexity index is 660. The number of rotatable bonds is 4. The second kappa shape index (κ2) is 9.06. The average Bonchev–Trinajstić information content (AvgIpc) is 2.57. The third-order valence-electron chi connectivity index (χ3n) is 3.98. The molecule has 1 aromatic carbocycles. The summed E-state index contributed by atoms with van der Waals surface area (Å²) in [6.45, 7) is 1.37. The van der Waals surface area contributed by atoms with Gasteiger partial charge in [0.1, 0.15) is 0 Å². The molecule has 0 unspecified atom stereocenters. The molecule has 0 spiro atoms. The van der Waals surface area contributed by atoms with E-state index in [9.17, 15) is 14.4 Å². The predicted octanol–water partition coefficient (Wildman–Crippen LogP) is 3.70. The molecule has 0 aromatic heterocycles. The Morgan fingerprint density at radius 2 is 1.84 bits per heavy atom. The van der Waals surface area contributed by atoms with E-state index in [4.69, 9.17) is 27.9 Å². The maximum atomic E-state index is 12.1. The van der Waals surface area contributed by atoms with Crippen LogP contribution in [0.5, 0.6) is 0 Å². The molecule has 136 valence electrons. The van der Waals surface area contributed by atoms with Gasteiger partial charge in [-0.3, -0.25) is 10.1 Å². The van der Waals surface area contributed by atoms with Gasteiger partial charge in [-0.1, -0.05) is 42.5 Å². The fraction of sp³-hybridized carbons (Fsp3) is 0.471. The molecule has 1 saturated carbocycles.